The largest absolute Gasteiger partial charge is 0.490 e. The Morgan fingerprint density at radius 2 is 1.70 bits per heavy atom. The first kappa shape index (κ1) is 33.7. The SMILES string of the molecule is COCCN(C(=O)C1(C)CC1)[C@H]1CC[C@H](Oc2cc(=O)n(C)cc2-c2cc(C(C)(C)O)ccc2Oc2c(C)cc(F)cc2C)CC1. The van der Waals surface area contributed by atoms with Crippen molar-refractivity contribution in [3.63, 3.8) is 0 Å². The molecule has 0 aliphatic heterocycles. The molecule has 0 spiro atoms. The van der Waals surface area contributed by atoms with E-state index < -0.39 is 5.60 Å². The fourth-order valence-corrected chi connectivity index (χ4v) is 6.33. The van der Waals surface area contributed by atoms with Gasteiger partial charge in [-0.2, -0.15) is 0 Å². The molecular formula is C37H47FN2O6. The van der Waals surface area contributed by atoms with Crippen LogP contribution >= 0.6 is 0 Å². The summed E-state index contributed by atoms with van der Waals surface area (Å²) in [6, 6.07) is 9.92. The Labute approximate surface area is 271 Å². The van der Waals surface area contributed by atoms with Crippen LogP contribution in [0.1, 0.15) is 76.0 Å². The van der Waals surface area contributed by atoms with E-state index in [0.717, 1.165) is 38.5 Å². The van der Waals surface area contributed by atoms with Crippen LogP contribution < -0.4 is 15.0 Å². The van der Waals surface area contributed by atoms with Gasteiger partial charge in [-0.15, -0.1) is 0 Å². The van der Waals surface area contributed by atoms with Crippen molar-refractivity contribution in [1.82, 2.24) is 9.47 Å². The molecule has 248 valence electrons. The van der Waals surface area contributed by atoms with Crippen LogP contribution in [0.4, 0.5) is 4.39 Å². The number of aliphatic hydroxyl groups is 1. The minimum Gasteiger partial charge on any atom is -0.490 e. The van der Waals surface area contributed by atoms with Gasteiger partial charge in [0.1, 0.15) is 23.1 Å². The number of aryl methyl sites for hydroxylation is 3. The van der Waals surface area contributed by atoms with Gasteiger partial charge in [0.25, 0.3) is 5.56 Å². The highest BCUT2D eigenvalue weighted by Crippen LogP contribution is 2.47. The first-order valence-electron chi connectivity index (χ1n) is 16.2. The van der Waals surface area contributed by atoms with Crippen LogP contribution in [0.5, 0.6) is 17.2 Å². The van der Waals surface area contributed by atoms with Crippen molar-refractivity contribution < 1.29 is 28.5 Å². The Bertz CT molecular complexity index is 1620. The van der Waals surface area contributed by atoms with Crippen molar-refractivity contribution in [3.8, 4) is 28.4 Å². The number of nitrogens with zero attached hydrogens (tertiary/aromatic N) is 2. The molecule has 2 fully saturated rings. The van der Waals surface area contributed by atoms with Gasteiger partial charge in [0.15, 0.2) is 0 Å². The number of benzene rings is 2. The number of ether oxygens (including phenoxy) is 3. The van der Waals surface area contributed by atoms with Gasteiger partial charge in [-0.25, -0.2) is 4.39 Å². The molecule has 9 heteroatoms. The minimum atomic E-state index is -1.14. The van der Waals surface area contributed by atoms with Gasteiger partial charge in [0, 0.05) is 55.5 Å². The second-order valence-electron chi connectivity index (χ2n) is 13.8. The summed E-state index contributed by atoms with van der Waals surface area (Å²) >= 11 is 0. The maximum atomic E-state index is 14.1. The number of carbonyl (C=O) groups is 1. The van der Waals surface area contributed by atoms with Crippen molar-refractivity contribution in [2.45, 2.75) is 90.9 Å². The topological polar surface area (TPSA) is 90.2 Å². The molecule has 3 aromatic rings. The summed E-state index contributed by atoms with van der Waals surface area (Å²) in [5.74, 6) is 1.33. The molecule has 2 saturated carbocycles. The third-order valence-electron chi connectivity index (χ3n) is 9.50. The molecule has 2 aliphatic rings. The lowest BCUT2D eigenvalue weighted by molar-refractivity contribution is -0.140. The molecule has 1 heterocycles. The highest BCUT2D eigenvalue weighted by atomic mass is 19.1. The molecule has 0 atom stereocenters. The summed E-state index contributed by atoms with van der Waals surface area (Å²) in [7, 11) is 3.34. The first-order valence-corrected chi connectivity index (χ1v) is 16.2. The predicted octanol–water partition coefficient (Wildman–Crippen LogP) is 6.79. The highest BCUT2D eigenvalue weighted by Gasteiger charge is 2.48. The first-order chi connectivity index (χ1) is 21.7. The summed E-state index contributed by atoms with van der Waals surface area (Å²) < 4.78 is 34.0. The molecule has 0 saturated heterocycles. The smallest absolute Gasteiger partial charge is 0.254 e. The molecule has 0 radical (unpaired) electrons. The summed E-state index contributed by atoms with van der Waals surface area (Å²) in [4.78, 5) is 28.3. The monoisotopic (exact) mass is 634 g/mol. The number of halogens is 1. The number of methoxy groups -OCH3 is 1. The van der Waals surface area contributed by atoms with Crippen LogP contribution in [0.15, 0.2) is 47.4 Å². The lowest BCUT2D eigenvalue weighted by Gasteiger charge is -2.38. The fraction of sp³-hybridized carbons (Fsp3) is 0.514. The predicted molar refractivity (Wildman–Crippen MR) is 176 cm³/mol. The molecule has 0 bridgehead atoms. The Kier molecular flexibility index (Phi) is 9.66. The van der Waals surface area contributed by atoms with E-state index in [-0.39, 0.29) is 34.8 Å². The van der Waals surface area contributed by atoms with Gasteiger partial charge in [-0.1, -0.05) is 13.0 Å². The zero-order valence-corrected chi connectivity index (χ0v) is 28.1. The maximum absolute atomic E-state index is 14.1. The lowest BCUT2D eigenvalue weighted by atomic mass is 9.90. The Hall–Kier alpha value is -3.69. The van der Waals surface area contributed by atoms with Crippen LogP contribution in [-0.2, 0) is 22.2 Å². The van der Waals surface area contributed by atoms with Crippen molar-refractivity contribution in [2.24, 2.45) is 12.5 Å². The molecule has 2 aliphatic carbocycles. The Morgan fingerprint density at radius 3 is 2.28 bits per heavy atom. The molecule has 0 unspecified atom stereocenters. The molecule has 8 nitrogen and oxygen atoms in total. The van der Waals surface area contributed by atoms with Gasteiger partial charge in [0.05, 0.1) is 18.3 Å². The molecule has 1 N–H and O–H groups in total. The van der Waals surface area contributed by atoms with E-state index in [1.807, 2.05) is 17.9 Å². The van der Waals surface area contributed by atoms with Crippen LogP contribution in [0.25, 0.3) is 11.1 Å². The van der Waals surface area contributed by atoms with Crippen molar-refractivity contribution in [2.75, 3.05) is 20.3 Å². The number of amides is 1. The number of hydrogen-bond donors (Lipinski definition) is 1. The van der Waals surface area contributed by atoms with Gasteiger partial charge >= 0.3 is 0 Å². The van der Waals surface area contributed by atoms with E-state index in [4.69, 9.17) is 14.2 Å². The average Bonchev–Trinajstić information content (AvgIpc) is 3.75. The van der Waals surface area contributed by atoms with Gasteiger partial charge in [-0.3, -0.25) is 9.59 Å². The third kappa shape index (κ3) is 7.31. The standard InChI is InChI=1S/C37H47FN2O6/c1-23-18-26(38)19-24(2)34(23)46-31-13-8-25(36(3,4)43)20-29(31)30-22-39(6)33(41)21-32(30)45-28-11-9-27(10-12-28)40(16-17-44-7)35(42)37(5)14-15-37/h8,13,18-22,27-28,43H,9-12,14-17H2,1-7H3/t27-,28-. The molecule has 2 aromatic carbocycles. The van der Waals surface area contributed by atoms with E-state index in [0.29, 0.717) is 58.2 Å². The molecule has 46 heavy (non-hydrogen) atoms. The zero-order chi connectivity index (χ0) is 33.4. The van der Waals surface area contributed by atoms with Crippen LogP contribution in [-0.4, -0.2) is 52.9 Å². The van der Waals surface area contributed by atoms with Crippen molar-refractivity contribution in [3.05, 3.63) is 75.5 Å². The molecular weight excluding hydrogens is 587 g/mol. The maximum Gasteiger partial charge on any atom is 0.254 e. The summed E-state index contributed by atoms with van der Waals surface area (Å²) in [5.41, 5.74) is 1.63. The average molecular weight is 635 g/mol. The number of hydrogen-bond acceptors (Lipinski definition) is 6. The zero-order valence-electron chi connectivity index (χ0n) is 28.1. The molecule has 5 rings (SSSR count). The second kappa shape index (κ2) is 13.2. The van der Waals surface area contributed by atoms with Crippen LogP contribution in [0, 0.1) is 25.1 Å². The van der Waals surface area contributed by atoms with Gasteiger partial charge < -0.3 is 28.8 Å². The summed E-state index contributed by atoms with van der Waals surface area (Å²) in [5, 5.41) is 10.9. The minimum absolute atomic E-state index is 0.119. The Morgan fingerprint density at radius 1 is 1.04 bits per heavy atom. The van der Waals surface area contributed by atoms with E-state index >= 15 is 0 Å². The fourth-order valence-electron chi connectivity index (χ4n) is 6.33. The normalized spacial score (nSPS) is 19.1. The second-order valence-corrected chi connectivity index (χ2v) is 13.8. The molecule has 1 aromatic heterocycles. The van der Waals surface area contributed by atoms with Crippen LogP contribution in [0.2, 0.25) is 0 Å². The van der Waals surface area contributed by atoms with Crippen molar-refractivity contribution >= 4 is 5.91 Å². The van der Waals surface area contributed by atoms with E-state index in [1.54, 1.807) is 60.2 Å². The van der Waals surface area contributed by atoms with E-state index in [9.17, 15) is 19.1 Å². The number of aromatic nitrogens is 1. The number of carbonyl (C=O) groups excluding carboxylic acids is 1. The number of pyridine rings is 1. The Balaban J connectivity index is 1.46. The third-order valence-corrected chi connectivity index (χ3v) is 9.50. The van der Waals surface area contributed by atoms with Gasteiger partial charge in [0.2, 0.25) is 5.91 Å². The highest BCUT2D eigenvalue weighted by molar-refractivity contribution is 5.85. The summed E-state index contributed by atoms with van der Waals surface area (Å²) in [6.07, 6.45) is 6.49. The lowest BCUT2D eigenvalue weighted by Crippen LogP contribution is -2.47. The quantitative estimate of drug-likeness (QED) is 0.250. The summed E-state index contributed by atoms with van der Waals surface area (Å²) in [6.45, 7) is 10.1. The van der Waals surface area contributed by atoms with Crippen molar-refractivity contribution in [1.29, 1.82) is 0 Å². The van der Waals surface area contributed by atoms with E-state index in [2.05, 4.69) is 0 Å². The molecule has 1 amide bonds. The van der Waals surface area contributed by atoms with Crippen LogP contribution in [0.3, 0.4) is 0 Å². The number of rotatable bonds is 11. The van der Waals surface area contributed by atoms with E-state index in [1.165, 1.54) is 22.8 Å². The van der Waals surface area contributed by atoms with Gasteiger partial charge in [-0.05, 0) is 107 Å².